The lowest BCUT2D eigenvalue weighted by Crippen LogP contribution is -2.39. The van der Waals surface area contributed by atoms with Crippen molar-refractivity contribution in [2.24, 2.45) is 4.99 Å². The molecule has 0 bridgehead atoms. The van der Waals surface area contributed by atoms with Crippen molar-refractivity contribution in [3.05, 3.63) is 66.0 Å². The number of hydrogen-bond acceptors (Lipinski definition) is 3. The highest BCUT2D eigenvalue weighted by Crippen LogP contribution is 2.15. The predicted octanol–water partition coefficient (Wildman–Crippen LogP) is 3.53. The first-order valence-electron chi connectivity index (χ1n) is 8.51. The molecule has 0 fully saturated rings. The average Bonchev–Trinajstić information content (AvgIpc) is 2.62. The summed E-state index contributed by atoms with van der Waals surface area (Å²) in [7, 11) is -3.72. The van der Waals surface area contributed by atoms with Gasteiger partial charge in [0.05, 0.1) is 18.3 Å². The third kappa shape index (κ3) is 7.10. The Labute approximate surface area is 177 Å². The number of sulfone groups is 1. The molecule has 2 aromatic rings. The Balaban J connectivity index is 0.00000364. The van der Waals surface area contributed by atoms with Crippen molar-refractivity contribution in [3.8, 4) is 0 Å². The van der Waals surface area contributed by atoms with Gasteiger partial charge in [-0.05, 0) is 31.5 Å². The molecule has 0 saturated heterocycles. The maximum absolute atomic E-state index is 13.7. The van der Waals surface area contributed by atoms with Crippen molar-refractivity contribution in [2.75, 3.05) is 18.8 Å². The Kier molecular flexibility index (Phi) is 9.71. The van der Waals surface area contributed by atoms with E-state index in [1.54, 1.807) is 0 Å². The molecule has 27 heavy (non-hydrogen) atoms. The number of benzene rings is 2. The van der Waals surface area contributed by atoms with Crippen LogP contribution in [0.1, 0.15) is 25.5 Å². The largest absolute Gasteiger partial charge is 0.357 e. The van der Waals surface area contributed by atoms with Gasteiger partial charge in [-0.15, -0.1) is 24.0 Å². The molecule has 0 aliphatic rings. The summed E-state index contributed by atoms with van der Waals surface area (Å²) in [5.74, 6) is -0.476. The van der Waals surface area contributed by atoms with Gasteiger partial charge in [0.2, 0.25) is 0 Å². The molecule has 0 saturated carbocycles. The molecular formula is C19H25FIN3O2S. The molecular weight excluding hydrogens is 480 g/mol. The quantitative estimate of drug-likeness (QED) is 0.343. The zero-order valence-corrected chi connectivity index (χ0v) is 18.5. The van der Waals surface area contributed by atoms with Crippen LogP contribution in [-0.2, 0) is 9.84 Å². The predicted molar refractivity (Wildman–Crippen MR) is 118 cm³/mol. The first-order chi connectivity index (χ1) is 12.4. The van der Waals surface area contributed by atoms with Crippen LogP contribution >= 0.6 is 24.0 Å². The summed E-state index contributed by atoms with van der Waals surface area (Å²) in [4.78, 5) is 4.03. The van der Waals surface area contributed by atoms with Gasteiger partial charge in [-0.1, -0.05) is 42.5 Å². The van der Waals surface area contributed by atoms with E-state index < -0.39 is 15.7 Å². The SMILES string of the molecule is CCNC(=NCCS(=O)(=O)c1ccccc1F)NC(C)c1ccccc1.I. The second-order valence-electron chi connectivity index (χ2n) is 5.79. The van der Waals surface area contributed by atoms with Crippen LogP contribution in [-0.4, -0.2) is 33.2 Å². The number of hydrogen-bond donors (Lipinski definition) is 2. The molecule has 0 aliphatic heterocycles. The minimum atomic E-state index is -3.72. The molecule has 0 spiro atoms. The minimum Gasteiger partial charge on any atom is -0.357 e. The highest BCUT2D eigenvalue weighted by molar-refractivity contribution is 14.0. The summed E-state index contributed by atoms with van der Waals surface area (Å²) in [5, 5.41) is 6.33. The van der Waals surface area contributed by atoms with Crippen LogP contribution in [0.3, 0.4) is 0 Å². The third-order valence-electron chi connectivity index (χ3n) is 3.80. The van der Waals surface area contributed by atoms with Crippen molar-refractivity contribution in [2.45, 2.75) is 24.8 Å². The summed E-state index contributed by atoms with van der Waals surface area (Å²) in [6, 6.07) is 15.3. The Bertz CT molecular complexity index is 845. The maximum Gasteiger partial charge on any atom is 0.191 e. The third-order valence-corrected chi connectivity index (χ3v) is 5.52. The van der Waals surface area contributed by atoms with Gasteiger partial charge in [0.1, 0.15) is 10.7 Å². The molecule has 2 rings (SSSR count). The molecule has 0 heterocycles. The molecule has 0 aliphatic carbocycles. The van der Waals surface area contributed by atoms with Gasteiger partial charge in [-0.25, -0.2) is 12.8 Å². The highest BCUT2D eigenvalue weighted by Gasteiger charge is 2.18. The van der Waals surface area contributed by atoms with Gasteiger partial charge < -0.3 is 10.6 Å². The summed E-state index contributed by atoms with van der Waals surface area (Å²) in [6.45, 7) is 4.61. The number of nitrogens with one attached hydrogen (secondary N) is 2. The molecule has 0 amide bonds. The zero-order chi connectivity index (χ0) is 19.0. The van der Waals surface area contributed by atoms with E-state index in [0.717, 1.165) is 11.6 Å². The fourth-order valence-corrected chi connectivity index (χ4v) is 3.64. The van der Waals surface area contributed by atoms with Crippen LogP contribution in [0.15, 0.2) is 64.5 Å². The van der Waals surface area contributed by atoms with E-state index in [2.05, 4.69) is 15.6 Å². The molecule has 1 atom stereocenters. The number of guanidine groups is 1. The lowest BCUT2D eigenvalue weighted by atomic mass is 10.1. The first kappa shape index (κ1) is 23.4. The molecule has 148 valence electrons. The van der Waals surface area contributed by atoms with E-state index in [1.807, 2.05) is 44.2 Å². The normalized spacial score (nSPS) is 12.8. The van der Waals surface area contributed by atoms with E-state index in [9.17, 15) is 12.8 Å². The van der Waals surface area contributed by atoms with Crippen molar-refractivity contribution in [1.29, 1.82) is 0 Å². The summed E-state index contributed by atoms with van der Waals surface area (Å²) < 4.78 is 38.3. The van der Waals surface area contributed by atoms with Gasteiger partial charge in [-0.3, -0.25) is 4.99 Å². The van der Waals surface area contributed by atoms with E-state index in [-0.39, 0.29) is 47.2 Å². The number of aliphatic imine (C=N–C) groups is 1. The monoisotopic (exact) mass is 505 g/mol. The molecule has 8 heteroatoms. The molecule has 5 nitrogen and oxygen atoms in total. The highest BCUT2D eigenvalue weighted by atomic mass is 127. The van der Waals surface area contributed by atoms with Crippen LogP contribution in [0.2, 0.25) is 0 Å². The van der Waals surface area contributed by atoms with Crippen molar-refractivity contribution >= 4 is 39.8 Å². The standard InChI is InChI=1S/C19H24FN3O2S.HI/c1-3-21-19(23-15(2)16-9-5-4-6-10-16)22-13-14-26(24,25)18-12-8-7-11-17(18)20;/h4-12,15H,3,13-14H2,1-2H3,(H2,21,22,23);1H. The topological polar surface area (TPSA) is 70.6 Å². The Morgan fingerprint density at radius 2 is 1.74 bits per heavy atom. The molecule has 0 radical (unpaired) electrons. The first-order valence-corrected chi connectivity index (χ1v) is 10.2. The molecule has 1 unspecified atom stereocenters. The van der Waals surface area contributed by atoms with Crippen LogP contribution in [0, 0.1) is 5.82 Å². The average molecular weight is 505 g/mol. The molecule has 0 aromatic heterocycles. The van der Waals surface area contributed by atoms with E-state index >= 15 is 0 Å². The second-order valence-corrected chi connectivity index (χ2v) is 7.86. The number of halogens is 2. The summed E-state index contributed by atoms with van der Waals surface area (Å²) in [5.41, 5.74) is 1.09. The van der Waals surface area contributed by atoms with Gasteiger partial charge in [0, 0.05) is 6.54 Å². The van der Waals surface area contributed by atoms with Crippen LogP contribution < -0.4 is 10.6 Å². The Morgan fingerprint density at radius 1 is 1.11 bits per heavy atom. The van der Waals surface area contributed by atoms with Crippen molar-refractivity contribution in [3.63, 3.8) is 0 Å². The number of rotatable bonds is 7. The number of nitrogens with zero attached hydrogens (tertiary/aromatic N) is 1. The lowest BCUT2D eigenvalue weighted by Gasteiger charge is -2.18. The van der Waals surface area contributed by atoms with Crippen molar-refractivity contribution in [1.82, 2.24) is 10.6 Å². The Morgan fingerprint density at radius 3 is 2.37 bits per heavy atom. The second kappa shape index (κ2) is 11.2. The van der Waals surface area contributed by atoms with Gasteiger partial charge in [-0.2, -0.15) is 0 Å². The van der Waals surface area contributed by atoms with Gasteiger partial charge in [0.25, 0.3) is 0 Å². The summed E-state index contributed by atoms with van der Waals surface area (Å²) >= 11 is 0. The van der Waals surface area contributed by atoms with Crippen LogP contribution in [0.4, 0.5) is 4.39 Å². The fourth-order valence-electron chi connectivity index (χ4n) is 2.43. The molecule has 2 aromatic carbocycles. The van der Waals surface area contributed by atoms with E-state index in [1.165, 1.54) is 18.2 Å². The zero-order valence-electron chi connectivity index (χ0n) is 15.4. The van der Waals surface area contributed by atoms with Crippen molar-refractivity contribution < 1.29 is 12.8 Å². The van der Waals surface area contributed by atoms with Gasteiger partial charge in [0.15, 0.2) is 15.8 Å². The lowest BCUT2D eigenvalue weighted by molar-refractivity contribution is 0.567. The van der Waals surface area contributed by atoms with Gasteiger partial charge >= 0.3 is 0 Å². The maximum atomic E-state index is 13.7. The fraction of sp³-hybridized carbons (Fsp3) is 0.316. The minimum absolute atomic E-state index is 0. The summed E-state index contributed by atoms with van der Waals surface area (Å²) in [6.07, 6.45) is 0. The van der Waals surface area contributed by atoms with Crippen LogP contribution in [0.25, 0.3) is 0 Å². The molecule has 2 N–H and O–H groups in total. The van der Waals surface area contributed by atoms with E-state index in [4.69, 9.17) is 0 Å². The van der Waals surface area contributed by atoms with Crippen LogP contribution in [0.5, 0.6) is 0 Å². The smallest absolute Gasteiger partial charge is 0.191 e. The Hall–Kier alpha value is -1.68. The van der Waals surface area contributed by atoms with E-state index in [0.29, 0.717) is 12.5 Å².